The van der Waals surface area contributed by atoms with Crippen LogP contribution in [-0.4, -0.2) is 30.0 Å². The van der Waals surface area contributed by atoms with Gasteiger partial charge in [-0.15, -0.1) is 0 Å². The maximum absolute atomic E-state index is 12.8. The van der Waals surface area contributed by atoms with Gasteiger partial charge in [-0.05, 0) is 55.2 Å². The molecule has 30 heavy (non-hydrogen) atoms. The number of carbonyl (C=O) groups is 1. The van der Waals surface area contributed by atoms with E-state index >= 15 is 0 Å². The van der Waals surface area contributed by atoms with Crippen LogP contribution in [-0.2, 0) is 11.4 Å². The summed E-state index contributed by atoms with van der Waals surface area (Å²) in [5.41, 5.74) is 5.07. The highest BCUT2D eigenvalue weighted by atomic mass is 32.1. The molecular weight excluding hydrogens is 396 g/mol. The van der Waals surface area contributed by atoms with Crippen LogP contribution in [0.5, 0.6) is 11.5 Å². The Labute approximate surface area is 182 Å². The van der Waals surface area contributed by atoms with Crippen molar-refractivity contribution in [1.29, 1.82) is 0 Å². The number of hydrogen-bond donors (Lipinski definition) is 1. The predicted octanol–water partition coefficient (Wildman–Crippen LogP) is 4.45. The van der Waals surface area contributed by atoms with Crippen LogP contribution in [0.3, 0.4) is 0 Å². The van der Waals surface area contributed by atoms with Gasteiger partial charge in [0, 0.05) is 24.7 Å². The van der Waals surface area contributed by atoms with Gasteiger partial charge in [-0.1, -0.05) is 35.9 Å². The van der Waals surface area contributed by atoms with Gasteiger partial charge in [0.15, 0.2) is 22.4 Å². The Morgan fingerprint density at radius 3 is 2.63 bits per heavy atom. The number of aryl methyl sites for hydroxylation is 1. The third kappa shape index (κ3) is 3.92. The molecule has 0 spiro atoms. The summed E-state index contributed by atoms with van der Waals surface area (Å²) in [5, 5.41) is 3.97. The maximum Gasteiger partial charge on any atom is 0.173 e. The van der Waals surface area contributed by atoms with E-state index in [0.717, 1.165) is 35.2 Å². The lowest BCUT2D eigenvalue weighted by atomic mass is 9.85. The summed E-state index contributed by atoms with van der Waals surface area (Å²) in [7, 11) is 3.55. The van der Waals surface area contributed by atoms with Gasteiger partial charge in [-0.25, -0.2) is 0 Å². The standard InChI is InChI=1S/C24H26N2O3S/c1-15-7-9-16(10-8-15)14-29-21-13-17(11-12-20(21)28-3)23-22-18(5-4-6-19(22)27)26(2)24(30)25-23/h7-13,23H,4-6,14H2,1-3H3,(H,25,30). The molecule has 2 aliphatic rings. The summed E-state index contributed by atoms with van der Waals surface area (Å²) in [5.74, 6) is 1.49. The number of rotatable bonds is 5. The molecule has 6 heteroatoms. The third-order valence-electron chi connectivity index (χ3n) is 5.73. The third-order valence-corrected chi connectivity index (χ3v) is 6.12. The van der Waals surface area contributed by atoms with Gasteiger partial charge in [0.2, 0.25) is 0 Å². The number of nitrogens with zero attached hydrogens (tertiary/aromatic N) is 1. The number of hydrogen-bond acceptors (Lipinski definition) is 4. The number of benzene rings is 2. The Bertz CT molecular complexity index is 1010. The highest BCUT2D eigenvalue weighted by Crippen LogP contribution is 2.39. The molecule has 5 nitrogen and oxygen atoms in total. The SMILES string of the molecule is COc1ccc(C2NC(=S)N(C)C3=C2C(=O)CCC3)cc1OCc1ccc(C)cc1. The lowest BCUT2D eigenvalue weighted by Crippen LogP contribution is -2.47. The van der Waals surface area contributed by atoms with Gasteiger partial charge in [0.05, 0.1) is 13.2 Å². The van der Waals surface area contributed by atoms with E-state index in [4.69, 9.17) is 21.7 Å². The van der Waals surface area contributed by atoms with E-state index in [1.165, 1.54) is 5.56 Å². The number of ether oxygens (including phenoxy) is 2. The Hall–Kier alpha value is -2.86. The van der Waals surface area contributed by atoms with Crippen molar-refractivity contribution >= 4 is 23.1 Å². The van der Waals surface area contributed by atoms with Crippen molar-refractivity contribution in [3.63, 3.8) is 0 Å². The molecular formula is C24H26N2O3S. The van der Waals surface area contributed by atoms with E-state index in [1.807, 2.05) is 30.1 Å². The first-order chi connectivity index (χ1) is 14.5. The molecule has 1 atom stereocenters. The van der Waals surface area contributed by atoms with Crippen molar-refractivity contribution < 1.29 is 14.3 Å². The van der Waals surface area contributed by atoms with Crippen LogP contribution in [0.4, 0.5) is 0 Å². The second-order valence-electron chi connectivity index (χ2n) is 7.76. The topological polar surface area (TPSA) is 50.8 Å². The maximum atomic E-state index is 12.8. The van der Waals surface area contributed by atoms with Gasteiger partial charge in [0.25, 0.3) is 0 Å². The van der Waals surface area contributed by atoms with Crippen molar-refractivity contribution in [2.45, 2.75) is 38.8 Å². The minimum absolute atomic E-state index is 0.182. The first-order valence-corrected chi connectivity index (χ1v) is 10.6. The van der Waals surface area contributed by atoms with Gasteiger partial charge in [0.1, 0.15) is 6.61 Å². The van der Waals surface area contributed by atoms with E-state index in [-0.39, 0.29) is 11.8 Å². The second-order valence-corrected chi connectivity index (χ2v) is 8.15. The fourth-order valence-corrected chi connectivity index (χ4v) is 4.25. The molecule has 1 heterocycles. The molecule has 0 amide bonds. The first kappa shape index (κ1) is 20.4. The minimum atomic E-state index is -0.274. The highest BCUT2D eigenvalue weighted by molar-refractivity contribution is 7.80. The molecule has 2 aromatic carbocycles. The molecule has 0 aromatic heterocycles. The summed E-state index contributed by atoms with van der Waals surface area (Å²) in [6, 6.07) is 13.8. The smallest absolute Gasteiger partial charge is 0.173 e. The van der Waals surface area contributed by atoms with Gasteiger partial charge in [-0.3, -0.25) is 4.79 Å². The van der Waals surface area contributed by atoms with Crippen molar-refractivity contribution in [2.24, 2.45) is 0 Å². The normalized spacial score (nSPS) is 18.8. The Morgan fingerprint density at radius 2 is 1.90 bits per heavy atom. The second kappa shape index (κ2) is 8.48. The number of methoxy groups -OCH3 is 1. The zero-order valence-corrected chi connectivity index (χ0v) is 18.3. The first-order valence-electron chi connectivity index (χ1n) is 10.1. The lowest BCUT2D eigenvalue weighted by Gasteiger charge is -2.39. The van der Waals surface area contributed by atoms with E-state index < -0.39 is 0 Å². The number of carbonyl (C=O) groups excluding carboxylic acids is 1. The monoisotopic (exact) mass is 422 g/mol. The van der Waals surface area contributed by atoms with Crippen LogP contribution >= 0.6 is 12.2 Å². The molecule has 0 bridgehead atoms. The van der Waals surface area contributed by atoms with Crippen LogP contribution < -0.4 is 14.8 Å². The summed E-state index contributed by atoms with van der Waals surface area (Å²) < 4.78 is 11.6. The Kier molecular flexibility index (Phi) is 5.77. The molecule has 0 saturated carbocycles. The van der Waals surface area contributed by atoms with E-state index in [9.17, 15) is 4.79 Å². The number of Topliss-reactive ketones (excluding diaryl/α,β-unsaturated/α-hetero) is 1. The van der Waals surface area contributed by atoms with E-state index in [2.05, 4.69) is 36.5 Å². The molecule has 4 rings (SSSR count). The van der Waals surface area contributed by atoms with Crippen LogP contribution in [0.1, 0.15) is 42.0 Å². The van der Waals surface area contributed by atoms with E-state index in [1.54, 1.807) is 7.11 Å². The zero-order chi connectivity index (χ0) is 21.3. The van der Waals surface area contributed by atoms with Crippen LogP contribution in [0.2, 0.25) is 0 Å². The quantitative estimate of drug-likeness (QED) is 0.719. The summed E-state index contributed by atoms with van der Waals surface area (Å²) in [4.78, 5) is 14.7. The Balaban J connectivity index is 1.66. The molecule has 0 saturated heterocycles. The molecule has 2 aromatic rings. The van der Waals surface area contributed by atoms with Crippen molar-refractivity contribution in [1.82, 2.24) is 10.2 Å². The fourth-order valence-electron chi connectivity index (χ4n) is 4.02. The van der Waals surface area contributed by atoms with Crippen LogP contribution in [0, 0.1) is 6.92 Å². The number of ketones is 1. The summed E-state index contributed by atoms with van der Waals surface area (Å²) >= 11 is 5.53. The van der Waals surface area contributed by atoms with Crippen LogP contribution in [0.25, 0.3) is 0 Å². The highest BCUT2D eigenvalue weighted by Gasteiger charge is 2.36. The van der Waals surface area contributed by atoms with Gasteiger partial charge < -0.3 is 19.7 Å². The number of nitrogens with one attached hydrogen (secondary N) is 1. The average Bonchev–Trinajstić information content (AvgIpc) is 2.76. The minimum Gasteiger partial charge on any atom is -0.493 e. The zero-order valence-electron chi connectivity index (χ0n) is 17.5. The largest absolute Gasteiger partial charge is 0.493 e. The number of allylic oxidation sites excluding steroid dienone is 1. The summed E-state index contributed by atoms with van der Waals surface area (Å²) in [6.45, 7) is 2.50. The van der Waals surface area contributed by atoms with Crippen molar-refractivity contribution in [3.8, 4) is 11.5 Å². The van der Waals surface area contributed by atoms with Crippen molar-refractivity contribution in [3.05, 3.63) is 70.4 Å². The molecule has 1 aliphatic heterocycles. The fraction of sp³-hybridized carbons (Fsp3) is 0.333. The average molecular weight is 423 g/mol. The Morgan fingerprint density at radius 1 is 1.13 bits per heavy atom. The molecule has 1 aliphatic carbocycles. The lowest BCUT2D eigenvalue weighted by molar-refractivity contribution is -0.116. The number of thiocarbonyl (C=S) groups is 1. The van der Waals surface area contributed by atoms with Gasteiger partial charge in [-0.2, -0.15) is 0 Å². The van der Waals surface area contributed by atoms with Gasteiger partial charge >= 0.3 is 0 Å². The van der Waals surface area contributed by atoms with Crippen LogP contribution in [0.15, 0.2) is 53.7 Å². The van der Waals surface area contributed by atoms with E-state index in [0.29, 0.717) is 29.6 Å². The van der Waals surface area contributed by atoms with Crippen molar-refractivity contribution in [2.75, 3.05) is 14.2 Å². The predicted molar refractivity (Wildman–Crippen MR) is 121 cm³/mol. The molecule has 0 radical (unpaired) electrons. The molecule has 0 fully saturated rings. The summed E-state index contributed by atoms with van der Waals surface area (Å²) in [6.07, 6.45) is 2.30. The molecule has 156 valence electrons. The molecule has 1 unspecified atom stereocenters. The molecule has 1 N–H and O–H groups in total.